The van der Waals surface area contributed by atoms with Crippen molar-refractivity contribution in [1.29, 1.82) is 0 Å². The molecule has 0 bridgehead atoms. The van der Waals surface area contributed by atoms with E-state index in [-0.39, 0.29) is 5.97 Å². The lowest BCUT2D eigenvalue weighted by Gasteiger charge is -2.46. The van der Waals surface area contributed by atoms with E-state index in [1.165, 1.54) is 7.11 Å². The summed E-state index contributed by atoms with van der Waals surface area (Å²) in [6.45, 7) is 1.72. The van der Waals surface area contributed by atoms with Crippen LogP contribution in [0.15, 0.2) is 0 Å². The molecular weight excluding hydrogens is 194 g/mol. The fourth-order valence-corrected chi connectivity index (χ4v) is 2.77. The van der Waals surface area contributed by atoms with Crippen molar-refractivity contribution in [3.63, 3.8) is 0 Å². The van der Waals surface area contributed by atoms with Crippen LogP contribution in [0.2, 0.25) is 0 Å². The first-order valence-corrected chi connectivity index (χ1v) is 5.61. The number of hydrogen-bond donors (Lipinski definition) is 1. The Morgan fingerprint density at radius 2 is 1.93 bits per heavy atom. The Balaban J connectivity index is 1.83. The van der Waals surface area contributed by atoms with Crippen molar-refractivity contribution >= 4 is 5.97 Å². The molecule has 2 aliphatic rings. The minimum Gasteiger partial charge on any atom is -0.468 e. The van der Waals surface area contributed by atoms with E-state index >= 15 is 0 Å². The van der Waals surface area contributed by atoms with E-state index in [9.17, 15) is 4.79 Å². The molecule has 1 aliphatic carbocycles. The van der Waals surface area contributed by atoms with Crippen LogP contribution in [0.4, 0.5) is 0 Å². The van der Waals surface area contributed by atoms with Crippen molar-refractivity contribution < 1.29 is 14.3 Å². The van der Waals surface area contributed by atoms with Gasteiger partial charge in [-0.2, -0.15) is 0 Å². The molecule has 0 unspecified atom stereocenters. The SMILES string of the molecule is COC(=O)C1(N)CC(C2CCOCC2)C1. The van der Waals surface area contributed by atoms with E-state index in [0.29, 0.717) is 11.8 Å². The highest BCUT2D eigenvalue weighted by atomic mass is 16.5. The molecule has 1 aliphatic heterocycles. The van der Waals surface area contributed by atoms with Crippen molar-refractivity contribution in [2.45, 2.75) is 31.2 Å². The molecule has 0 radical (unpaired) electrons. The first-order valence-electron chi connectivity index (χ1n) is 5.61. The average molecular weight is 213 g/mol. The zero-order valence-electron chi connectivity index (χ0n) is 9.20. The van der Waals surface area contributed by atoms with Gasteiger partial charge in [-0.1, -0.05) is 0 Å². The van der Waals surface area contributed by atoms with Crippen molar-refractivity contribution in [2.24, 2.45) is 17.6 Å². The zero-order chi connectivity index (χ0) is 10.9. The number of carbonyl (C=O) groups is 1. The standard InChI is InChI=1S/C11H19NO3/c1-14-10(13)11(12)6-9(7-11)8-2-4-15-5-3-8/h8-9H,2-7,12H2,1H3. The van der Waals surface area contributed by atoms with Crippen LogP contribution < -0.4 is 5.73 Å². The van der Waals surface area contributed by atoms with Gasteiger partial charge < -0.3 is 15.2 Å². The molecule has 4 nitrogen and oxygen atoms in total. The fraction of sp³-hybridized carbons (Fsp3) is 0.909. The van der Waals surface area contributed by atoms with Gasteiger partial charge in [0.15, 0.2) is 0 Å². The number of carbonyl (C=O) groups excluding carboxylic acids is 1. The second kappa shape index (κ2) is 4.10. The maximum Gasteiger partial charge on any atom is 0.325 e. The summed E-state index contributed by atoms with van der Waals surface area (Å²) < 4.78 is 10.0. The Hall–Kier alpha value is -0.610. The third-order valence-electron chi connectivity index (χ3n) is 3.78. The molecule has 86 valence electrons. The van der Waals surface area contributed by atoms with Gasteiger partial charge in [-0.05, 0) is 37.5 Å². The van der Waals surface area contributed by atoms with Crippen LogP contribution >= 0.6 is 0 Å². The van der Waals surface area contributed by atoms with Gasteiger partial charge in [0.2, 0.25) is 0 Å². The highest BCUT2D eigenvalue weighted by Crippen LogP contribution is 2.44. The number of rotatable bonds is 2. The molecule has 0 aromatic carbocycles. The summed E-state index contributed by atoms with van der Waals surface area (Å²) in [5.74, 6) is 1.03. The molecule has 15 heavy (non-hydrogen) atoms. The Labute approximate surface area is 90.1 Å². The summed E-state index contributed by atoms with van der Waals surface area (Å²) in [6.07, 6.45) is 3.79. The highest BCUT2D eigenvalue weighted by Gasteiger charge is 2.50. The molecule has 1 heterocycles. The quantitative estimate of drug-likeness (QED) is 0.686. The summed E-state index contributed by atoms with van der Waals surface area (Å²) >= 11 is 0. The van der Waals surface area contributed by atoms with Crippen LogP contribution in [0.3, 0.4) is 0 Å². The Bertz CT molecular complexity index is 242. The molecular formula is C11H19NO3. The lowest BCUT2D eigenvalue weighted by atomic mass is 9.62. The third kappa shape index (κ3) is 2.01. The first-order chi connectivity index (χ1) is 7.15. The minimum absolute atomic E-state index is 0.259. The molecule has 2 fully saturated rings. The maximum atomic E-state index is 11.4. The van der Waals surface area contributed by atoms with Gasteiger partial charge in [0.1, 0.15) is 5.54 Å². The molecule has 0 atom stereocenters. The molecule has 0 spiro atoms. The van der Waals surface area contributed by atoms with Gasteiger partial charge in [-0.15, -0.1) is 0 Å². The number of nitrogens with two attached hydrogens (primary N) is 1. The second-order valence-corrected chi connectivity index (χ2v) is 4.77. The van der Waals surface area contributed by atoms with E-state index in [2.05, 4.69) is 0 Å². The molecule has 1 saturated carbocycles. The number of methoxy groups -OCH3 is 1. The summed E-state index contributed by atoms with van der Waals surface area (Å²) in [4.78, 5) is 11.4. The van der Waals surface area contributed by atoms with E-state index in [0.717, 1.165) is 38.9 Å². The van der Waals surface area contributed by atoms with Crippen LogP contribution in [0, 0.1) is 11.8 Å². The normalized spacial score (nSPS) is 37.1. The molecule has 2 rings (SSSR count). The Morgan fingerprint density at radius 1 is 1.33 bits per heavy atom. The van der Waals surface area contributed by atoms with E-state index in [4.69, 9.17) is 15.2 Å². The van der Waals surface area contributed by atoms with E-state index in [1.54, 1.807) is 0 Å². The number of ether oxygens (including phenoxy) is 2. The van der Waals surface area contributed by atoms with Crippen LogP contribution in [-0.2, 0) is 14.3 Å². The summed E-state index contributed by atoms with van der Waals surface area (Å²) in [6, 6.07) is 0. The Kier molecular flexibility index (Phi) is 2.98. The van der Waals surface area contributed by atoms with E-state index in [1.807, 2.05) is 0 Å². The molecule has 1 saturated heterocycles. The predicted octanol–water partition coefficient (Wildman–Crippen LogP) is 0.693. The van der Waals surface area contributed by atoms with Crippen LogP contribution in [0.5, 0.6) is 0 Å². The zero-order valence-corrected chi connectivity index (χ0v) is 9.20. The molecule has 0 aromatic heterocycles. The van der Waals surface area contributed by atoms with Gasteiger partial charge in [0.25, 0.3) is 0 Å². The fourth-order valence-electron chi connectivity index (χ4n) is 2.77. The molecule has 0 aromatic rings. The minimum atomic E-state index is -0.697. The van der Waals surface area contributed by atoms with Gasteiger partial charge in [-0.3, -0.25) is 4.79 Å². The summed E-state index contributed by atoms with van der Waals surface area (Å²) in [5, 5.41) is 0. The predicted molar refractivity (Wildman–Crippen MR) is 55.2 cm³/mol. The molecule has 2 N–H and O–H groups in total. The lowest BCUT2D eigenvalue weighted by Crippen LogP contribution is -2.60. The largest absolute Gasteiger partial charge is 0.468 e. The lowest BCUT2D eigenvalue weighted by molar-refractivity contribution is -0.154. The van der Waals surface area contributed by atoms with Gasteiger partial charge in [0, 0.05) is 13.2 Å². The van der Waals surface area contributed by atoms with Gasteiger partial charge in [0.05, 0.1) is 7.11 Å². The maximum absolute atomic E-state index is 11.4. The number of hydrogen-bond acceptors (Lipinski definition) is 4. The van der Waals surface area contributed by atoms with Crippen molar-refractivity contribution in [2.75, 3.05) is 20.3 Å². The second-order valence-electron chi connectivity index (χ2n) is 4.77. The topological polar surface area (TPSA) is 61.5 Å². The smallest absolute Gasteiger partial charge is 0.325 e. The summed E-state index contributed by atoms with van der Waals surface area (Å²) in [5.41, 5.74) is 5.25. The van der Waals surface area contributed by atoms with Crippen LogP contribution in [-0.4, -0.2) is 31.8 Å². The average Bonchev–Trinajstić information content (AvgIpc) is 2.25. The molecule has 0 amide bonds. The Morgan fingerprint density at radius 3 is 2.47 bits per heavy atom. The summed E-state index contributed by atoms with van der Waals surface area (Å²) in [7, 11) is 1.40. The molecule has 4 heteroatoms. The highest BCUT2D eigenvalue weighted by molar-refractivity contribution is 5.81. The van der Waals surface area contributed by atoms with Crippen molar-refractivity contribution in [3.8, 4) is 0 Å². The van der Waals surface area contributed by atoms with Crippen molar-refractivity contribution in [3.05, 3.63) is 0 Å². The van der Waals surface area contributed by atoms with Gasteiger partial charge >= 0.3 is 5.97 Å². The van der Waals surface area contributed by atoms with Gasteiger partial charge in [-0.25, -0.2) is 0 Å². The monoisotopic (exact) mass is 213 g/mol. The number of esters is 1. The first kappa shape index (κ1) is 10.9. The third-order valence-corrected chi connectivity index (χ3v) is 3.78. The van der Waals surface area contributed by atoms with Crippen LogP contribution in [0.1, 0.15) is 25.7 Å². The van der Waals surface area contributed by atoms with E-state index < -0.39 is 5.54 Å². The van der Waals surface area contributed by atoms with Crippen LogP contribution in [0.25, 0.3) is 0 Å². The van der Waals surface area contributed by atoms with Crippen molar-refractivity contribution in [1.82, 2.24) is 0 Å².